The molecule has 0 saturated carbocycles. The van der Waals surface area contributed by atoms with Gasteiger partial charge in [0.2, 0.25) is 0 Å². The van der Waals surface area contributed by atoms with E-state index in [-0.39, 0.29) is 0 Å². The molecule has 1 aliphatic rings. The normalized spacial score (nSPS) is 24.6. The number of rotatable bonds is 7. The average Bonchev–Trinajstić information content (AvgIpc) is 2.23. The highest BCUT2D eigenvalue weighted by Crippen LogP contribution is 2.35. The highest BCUT2D eigenvalue weighted by Gasteiger charge is 2.21. The summed E-state index contributed by atoms with van der Waals surface area (Å²) in [7, 11) is 0. The standard InChI is InChI=1S/C16H28/c1-4-5-6-7-8-9-12-16(3)13-10-11-15(2)14-16/h10-11,14H,4-9,12-13H2,1-3H3. The molecular formula is C16H28. The third-order valence-corrected chi connectivity index (χ3v) is 3.64. The Hall–Kier alpha value is -0.520. The molecule has 1 rings (SSSR count). The van der Waals surface area contributed by atoms with Crippen molar-refractivity contribution in [2.24, 2.45) is 5.41 Å². The Morgan fingerprint density at radius 1 is 1.12 bits per heavy atom. The second-order valence-corrected chi connectivity index (χ2v) is 5.67. The minimum absolute atomic E-state index is 0.448. The lowest BCUT2D eigenvalue weighted by atomic mass is 9.77. The minimum atomic E-state index is 0.448. The largest absolute Gasteiger partial charge is 0.0834 e. The van der Waals surface area contributed by atoms with E-state index < -0.39 is 0 Å². The summed E-state index contributed by atoms with van der Waals surface area (Å²) in [6.07, 6.45) is 18.1. The van der Waals surface area contributed by atoms with Crippen LogP contribution in [0.25, 0.3) is 0 Å². The first-order valence-electron chi connectivity index (χ1n) is 7.02. The summed E-state index contributed by atoms with van der Waals surface area (Å²) in [5, 5.41) is 0. The summed E-state index contributed by atoms with van der Waals surface area (Å²) >= 11 is 0. The summed E-state index contributed by atoms with van der Waals surface area (Å²) in [6, 6.07) is 0. The fourth-order valence-electron chi connectivity index (χ4n) is 2.65. The molecule has 0 aromatic heterocycles. The summed E-state index contributed by atoms with van der Waals surface area (Å²) in [6.45, 7) is 6.91. The lowest BCUT2D eigenvalue weighted by molar-refractivity contribution is 0.368. The maximum atomic E-state index is 2.47. The van der Waals surface area contributed by atoms with Gasteiger partial charge in [-0.2, -0.15) is 0 Å². The van der Waals surface area contributed by atoms with E-state index in [2.05, 4.69) is 39.0 Å². The van der Waals surface area contributed by atoms with Crippen LogP contribution in [0.5, 0.6) is 0 Å². The highest BCUT2D eigenvalue weighted by atomic mass is 14.3. The highest BCUT2D eigenvalue weighted by molar-refractivity contribution is 5.24. The van der Waals surface area contributed by atoms with Crippen molar-refractivity contribution >= 4 is 0 Å². The predicted octanol–water partition coefficient (Wildman–Crippen LogP) is 5.65. The molecule has 0 bridgehead atoms. The van der Waals surface area contributed by atoms with Gasteiger partial charge in [0.15, 0.2) is 0 Å². The van der Waals surface area contributed by atoms with Gasteiger partial charge in [0.05, 0.1) is 0 Å². The van der Waals surface area contributed by atoms with Crippen molar-refractivity contribution < 1.29 is 0 Å². The van der Waals surface area contributed by atoms with Crippen molar-refractivity contribution in [2.45, 2.75) is 72.1 Å². The molecule has 0 radical (unpaired) electrons. The maximum Gasteiger partial charge on any atom is -0.0106 e. The number of allylic oxidation sites excluding steroid dienone is 4. The van der Waals surface area contributed by atoms with Gasteiger partial charge in [-0.15, -0.1) is 0 Å². The Balaban J connectivity index is 2.15. The van der Waals surface area contributed by atoms with Gasteiger partial charge < -0.3 is 0 Å². The van der Waals surface area contributed by atoms with Crippen LogP contribution in [0.1, 0.15) is 72.1 Å². The molecule has 0 N–H and O–H groups in total. The van der Waals surface area contributed by atoms with Crippen molar-refractivity contribution in [1.29, 1.82) is 0 Å². The lowest BCUT2D eigenvalue weighted by Crippen LogP contribution is -2.14. The minimum Gasteiger partial charge on any atom is -0.0834 e. The Bertz CT molecular complexity index is 247. The van der Waals surface area contributed by atoms with Crippen LogP contribution in [0.3, 0.4) is 0 Å². The molecule has 0 saturated heterocycles. The summed E-state index contributed by atoms with van der Waals surface area (Å²) in [5.41, 5.74) is 1.89. The fourth-order valence-corrected chi connectivity index (χ4v) is 2.65. The Kier molecular flexibility index (Phi) is 5.87. The molecule has 0 aromatic carbocycles. The van der Waals surface area contributed by atoms with Gasteiger partial charge in [0.25, 0.3) is 0 Å². The molecule has 0 heterocycles. The summed E-state index contributed by atoms with van der Waals surface area (Å²) in [4.78, 5) is 0. The van der Waals surface area contributed by atoms with Crippen LogP contribution in [0.2, 0.25) is 0 Å². The molecule has 0 spiro atoms. The van der Waals surface area contributed by atoms with Crippen LogP contribution in [0, 0.1) is 5.41 Å². The van der Waals surface area contributed by atoms with Crippen molar-refractivity contribution in [2.75, 3.05) is 0 Å². The summed E-state index contributed by atoms with van der Waals surface area (Å²) in [5.74, 6) is 0. The van der Waals surface area contributed by atoms with Crippen molar-refractivity contribution in [1.82, 2.24) is 0 Å². The van der Waals surface area contributed by atoms with Gasteiger partial charge in [-0.05, 0) is 25.2 Å². The molecular weight excluding hydrogens is 192 g/mol. The Morgan fingerprint density at radius 3 is 2.50 bits per heavy atom. The van der Waals surface area contributed by atoms with E-state index in [9.17, 15) is 0 Å². The van der Waals surface area contributed by atoms with Crippen LogP contribution < -0.4 is 0 Å². The molecule has 0 amide bonds. The molecule has 0 nitrogen and oxygen atoms in total. The number of hydrogen-bond donors (Lipinski definition) is 0. The zero-order valence-corrected chi connectivity index (χ0v) is 11.4. The molecule has 1 atom stereocenters. The van der Waals surface area contributed by atoms with Gasteiger partial charge in [-0.1, -0.05) is 76.2 Å². The van der Waals surface area contributed by atoms with Crippen LogP contribution in [-0.4, -0.2) is 0 Å². The third kappa shape index (κ3) is 5.01. The van der Waals surface area contributed by atoms with Crippen LogP contribution in [-0.2, 0) is 0 Å². The molecule has 0 aliphatic heterocycles. The molecule has 16 heavy (non-hydrogen) atoms. The molecule has 1 aliphatic carbocycles. The molecule has 0 heteroatoms. The monoisotopic (exact) mass is 220 g/mol. The zero-order valence-electron chi connectivity index (χ0n) is 11.4. The third-order valence-electron chi connectivity index (χ3n) is 3.64. The average molecular weight is 220 g/mol. The van der Waals surface area contributed by atoms with E-state index in [1.807, 2.05) is 0 Å². The van der Waals surface area contributed by atoms with E-state index >= 15 is 0 Å². The fraction of sp³-hybridized carbons (Fsp3) is 0.750. The molecule has 0 fully saturated rings. The first-order chi connectivity index (χ1) is 7.66. The van der Waals surface area contributed by atoms with E-state index in [1.165, 1.54) is 56.9 Å². The van der Waals surface area contributed by atoms with Gasteiger partial charge in [0.1, 0.15) is 0 Å². The first-order valence-corrected chi connectivity index (χ1v) is 7.02. The quantitative estimate of drug-likeness (QED) is 0.486. The Morgan fingerprint density at radius 2 is 1.81 bits per heavy atom. The second-order valence-electron chi connectivity index (χ2n) is 5.67. The summed E-state index contributed by atoms with van der Waals surface area (Å²) < 4.78 is 0. The number of unbranched alkanes of at least 4 members (excludes halogenated alkanes) is 5. The maximum absolute atomic E-state index is 2.47. The van der Waals surface area contributed by atoms with Crippen molar-refractivity contribution in [3.05, 3.63) is 23.8 Å². The van der Waals surface area contributed by atoms with Crippen molar-refractivity contribution in [3.8, 4) is 0 Å². The topological polar surface area (TPSA) is 0 Å². The SMILES string of the molecule is CCCCCCCCC1(C)C=C(C)C=CC1. The van der Waals surface area contributed by atoms with E-state index in [4.69, 9.17) is 0 Å². The van der Waals surface area contributed by atoms with Crippen LogP contribution in [0.15, 0.2) is 23.8 Å². The van der Waals surface area contributed by atoms with E-state index in [0.29, 0.717) is 5.41 Å². The first kappa shape index (κ1) is 13.5. The van der Waals surface area contributed by atoms with Crippen LogP contribution in [0.4, 0.5) is 0 Å². The smallest absolute Gasteiger partial charge is 0.0106 e. The number of hydrogen-bond acceptors (Lipinski definition) is 0. The Labute approximate surface area is 102 Å². The van der Waals surface area contributed by atoms with E-state index in [0.717, 1.165) is 0 Å². The van der Waals surface area contributed by atoms with Crippen LogP contribution >= 0.6 is 0 Å². The van der Waals surface area contributed by atoms with Crippen molar-refractivity contribution in [3.63, 3.8) is 0 Å². The molecule has 1 unspecified atom stereocenters. The molecule has 92 valence electrons. The zero-order chi connectivity index (χ0) is 11.9. The van der Waals surface area contributed by atoms with Gasteiger partial charge in [-0.3, -0.25) is 0 Å². The van der Waals surface area contributed by atoms with E-state index in [1.54, 1.807) is 0 Å². The predicted molar refractivity (Wildman–Crippen MR) is 73.6 cm³/mol. The van der Waals surface area contributed by atoms with Gasteiger partial charge >= 0.3 is 0 Å². The van der Waals surface area contributed by atoms with Gasteiger partial charge in [-0.25, -0.2) is 0 Å². The lowest BCUT2D eigenvalue weighted by Gasteiger charge is -2.28. The second kappa shape index (κ2) is 6.93. The van der Waals surface area contributed by atoms with Gasteiger partial charge in [0, 0.05) is 0 Å². The molecule has 0 aromatic rings.